The Kier molecular flexibility index (Phi) is 4.19. The first-order valence-electron chi connectivity index (χ1n) is 6.00. The van der Waals surface area contributed by atoms with Gasteiger partial charge in [-0.3, -0.25) is 0 Å². The first-order valence-corrected chi connectivity index (χ1v) is 8.23. The van der Waals surface area contributed by atoms with Gasteiger partial charge in [0.15, 0.2) is 0 Å². The van der Waals surface area contributed by atoms with Crippen LogP contribution in [0.1, 0.15) is 25.6 Å². The van der Waals surface area contributed by atoms with Crippen LogP contribution < -0.4 is 4.74 Å². The van der Waals surface area contributed by atoms with Gasteiger partial charge in [0.25, 0.3) is 10.0 Å². The van der Waals surface area contributed by atoms with Crippen LogP contribution in [0.15, 0.2) is 40.0 Å². The molecule has 0 spiro atoms. The molecule has 1 aromatic carbocycles. The number of aromatic nitrogens is 2. The number of methoxy groups -OCH3 is 1. The molecule has 20 heavy (non-hydrogen) atoms. The molecule has 0 saturated heterocycles. The summed E-state index contributed by atoms with van der Waals surface area (Å²) >= 11 is 3.30. The highest BCUT2D eigenvalue weighted by molar-refractivity contribution is 9.10. The monoisotopic (exact) mass is 358 g/mol. The van der Waals surface area contributed by atoms with Crippen LogP contribution in [0.3, 0.4) is 0 Å². The Morgan fingerprint density at radius 3 is 2.65 bits per heavy atom. The lowest BCUT2D eigenvalue weighted by Crippen LogP contribution is -2.17. The van der Waals surface area contributed by atoms with E-state index in [1.165, 1.54) is 29.5 Å². The average Bonchev–Trinajstić information content (AvgIpc) is 2.88. The van der Waals surface area contributed by atoms with Crippen molar-refractivity contribution in [3.8, 4) is 5.75 Å². The first-order chi connectivity index (χ1) is 9.37. The molecular weight excluding hydrogens is 344 g/mol. The summed E-state index contributed by atoms with van der Waals surface area (Å²) in [4.78, 5) is 4.23. The summed E-state index contributed by atoms with van der Waals surface area (Å²) in [6, 6.07) is 4.81. The zero-order chi connectivity index (χ0) is 14.9. The summed E-state index contributed by atoms with van der Waals surface area (Å²) in [5, 5.41) is 0. The molecule has 7 heteroatoms. The molecule has 0 bridgehead atoms. The summed E-state index contributed by atoms with van der Waals surface area (Å²) in [5.74, 6) is 0.791. The van der Waals surface area contributed by atoms with E-state index in [2.05, 4.69) is 20.9 Å². The molecule has 0 N–H and O–H groups in total. The van der Waals surface area contributed by atoms with Crippen LogP contribution in [0.5, 0.6) is 5.75 Å². The number of halogens is 1. The quantitative estimate of drug-likeness (QED) is 0.842. The smallest absolute Gasteiger partial charge is 0.272 e. The van der Waals surface area contributed by atoms with Crippen LogP contribution in [-0.2, 0) is 10.0 Å². The zero-order valence-electron chi connectivity index (χ0n) is 11.4. The second-order valence-corrected chi connectivity index (χ2v) is 7.24. The van der Waals surface area contributed by atoms with Crippen molar-refractivity contribution in [3.05, 3.63) is 40.9 Å². The second-order valence-electron chi connectivity index (χ2n) is 4.54. The third-order valence-electron chi connectivity index (χ3n) is 2.81. The van der Waals surface area contributed by atoms with E-state index < -0.39 is 10.0 Å². The molecule has 0 aliphatic heterocycles. The molecule has 2 aromatic rings. The van der Waals surface area contributed by atoms with E-state index in [0.717, 1.165) is 4.47 Å². The van der Waals surface area contributed by atoms with Gasteiger partial charge in [0, 0.05) is 22.8 Å². The average molecular weight is 359 g/mol. The zero-order valence-corrected chi connectivity index (χ0v) is 13.8. The fourth-order valence-corrected chi connectivity index (χ4v) is 3.78. The molecule has 5 nitrogen and oxygen atoms in total. The molecule has 0 atom stereocenters. The molecule has 108 valence electrons. The molecule has 0 fully saturated rings. The van der Waals surface area contributed by atoms with Gasteiger partial charge in [-0.2, -0.15) is 0 Å². The minimum atomic E-state index is -3.72. The van der Waals surface area contributed by atoms with E-state index in [4.69, 9.17) is 4.74 Å². The predicted octanol–water partition coefficient (Wildman–Crippen LogP) is 3.01. The number of imidazole rings is 1. The maximum Gasteiger partial charge on any atom is 0.272 e. The topological polar surface area (TPSA) is 61.2 Å². The van der Waals surface area contributed by atoms with Gasteiger partial charge in [-0.1, -0.05) is 29.8 Å². The molecule has 0 aliphatic carbocycles. The van der Waals surface area contributed by atoms with Gasteiger partial charge in [-0.15, -0.1) is 0 Å². The maximum atomic E-state index is 12.7. The minimum absolute atomic E-state index is 0.00113. The number of benzene rings is 1. The van der Waals surface area contributed by atoms with E-state index in [9.17, 15) is 8.42 Å². The normalized spacial score (nSPS) is 11.8. The fraction of sp³-hybridized carbons (Fsp3) is 0.308. The van der Waals surface area contributed by atoms with Crippen molar-refractivity contribution >= 4 is 26.0 Å². The van der Waals surface area contributed by atoms with Gasteiger partial charge in [-0.05, 0) is 18.2 Å². The lowest BCUT2D eigenvalue weighted by atomic mass is 10.2. The number of nitrogens with zero attached hydrogens (tertiary/aromatic N) is 2. The molecule has 0 unspecified atom stereocenters. The minimum Gasteiger partial charge on any atom is -0.495 e. The van der Waals surface area contributed by atoms with Crippen molar-refractivity contribution in [1.82, 2.24) is 8.96 Å². The molecule has 0 aliphatic rings. The Bertz CT molecular complexity index is 723. The van der Waals surface area contributed by atoms with Crippen molar-refractivity contribution in [1.29, 1.82) is 0 Å². The summed E-state index contributed by atoms with van der Waals surface area (Å²) in [7, 11) is -2.28. The number of ether oxygens (including phenoxy) is 1. The van der Waals surface area contributed by atoms with Gasteiger partial charge >= 0.3 is 0 Å². The lowest BCUT2D eigenvalue weighted by Gasteiger charge is -2.14. The van der Waals surface area contributed by atoms with Crippen molar-refractivity contribution in [2.75, 3.05) is 7.11 Å². The van der Waals surface area contributed by atoms with Crippen LogP contribution in [0.4, 0.5) is 0 Å². The van der Waals surface area contributed by atoms with E-state index in [1.807, 2.05) is 13.8 Å². The summed E-state index contributed by atoms with van der Waals surface area (Å²) in [6.45, 7) is 3.79. The highest BCUT2D eigenvalue weighted by Gasteiger charge is 2.25. The number of hydrogen-bond acceptors (Lipinski definition) is 4. The maximum absolute atomic E-state index is 12.7. The Morgan fingerprint density at radius 2 is 2.05 bits per heavy atom. The summed E-state index contributed by atoms with van der Waals surface area (Å²) < 4.78 is 32.6. The van der Waals surface area contributed by atoms with Crippen molar-refractivity contribution in [3.63, 3.8) is 0 Å². The standard InChI is InChI=1S/C13H15BrN2O3S/c1-9(2)13-15-6-7-16(13)20(17,18)12-5-4-10(14)8-11(12)19-3/h4-9H,1-3H3. The number of hydrogen-bond donors (Lipinski definition) is 0. The van der Waals surface area contributed by atoms with Crippen molar-refractivity contribution in [2.24, 2.45) is 0 Å². The van der Waals surface area contributed by atoms with Gasteiger partial charge in [0.05, 0.1) is 7.11 Å². The molecule has 2 rings (SSSR count). The van der Waals surface area contributed by atoms with Crippen molar-refractivity contribution in [2.45, 2.75) is 24.7 Å². The molecule has 0 amide bonds. The van der Waals surface area contributed by atoms with Gasteiger partial charge in [0.1, 0.15) is 16.5 Å². The Hall–Kier alpha value is -1.34. The summed E-state index contributed by atoms with van der Waals surface area (Å²) in [5.41, 5.74) is 0. The Morgan fingerprint density at radius 1 is 1.35 bits per heavy atom. The first kappa shape index (κ1) is 15.1. The highest BCUT2D eigenvalue weighted by atomic mass is 79.9. The molecule has 0 saturated carbocycles. The van der Waals surface area contributed by atoms with E-state index in [-0.39, 0.29) is 10.8 Å². The Labute approximate surface area is 126 Å². The number of rotatable bonds is 4. The van der Waals surface area contributed by atoms with E-state index >= 15 is 0 Å². The van der Waals surface area contributed by atoms with Crippen LogP contribution in [-0.4, -0.2) is 24.5 Å². The summed E-state index contributed by atoms with van der Waals surface area (Å²) in [6.07, 6.45) is 2.93. The van der Waals surface area contributed by atoms with Crippen LogP contribution in [0.25, 0.3) is 0 Å². The highest BCUT2D eigenvalue weighted by Crippen LogP contribution is 2.30. The van der Waals surface area contributed by atoms with Crippen LogP contribution >= 0.6 is 15.9 Å². The molecular formula is C13H15BrN2O3S. The second kappa shape index (κ2) is 5.57. The fourth-order valence-electron chi connectivity index (χ4n) is 1.87. The predicted molar refractivity (Wildman–Crippen MR) is 79.6 cm³/mol. The van der Waals surface area contributed by atoms with Gasteiger partial charge < -0.3 is 4.74 Å². The lowest BCUT2D eigenvalue weighted by molar-refractivity contribution is 0.402. The van der Waals surface area contributed by atoms with Crippen LogP contribution in [0.2, 0.25) is 0 Å². The van der Waals surface area contributed by atoms with Crippen LogP contribution in [0, 0.1) is 0 Å². The molecule has 0 radical (unpaired) electrons. The van der Waals surface area contributed by atoms with E-state index in [0.29, 0.717) is 11.6 Å². The van der Waals surface area contributed by atoms with E-state index in [1.54, 1.807) is 12.1 Å². The Balaban J connectivity index is 2.64. The van der Waals surface area contributed by atoms with Crippen molar-refractivity contribution < 1.29 is 13.2 Å². The SMILES string of the molecule is COc1cc(Br)ccc1S(=O)(=O)n1ccnc1C(C)C. The molecule has 1 aromatic heterocycles. The van der Waals surface area contributed by atoms with Gasteiger partial charge in [0.2, 0.25) is 0 Å². The third-order valence-corrected chi connectivity index (χ3v) is 5.03. The third kappa shape index (κ3) is 2.60. The van der Waals surface area contributed by atoms with Gasteiger partial charge in [-0.25, -0.2) is 17.4 Å². The largest absolute Gasteiger partial charge is 0.495 e. The molecule has 1 heterocycles.